The first kappa shape index (κ1) is 63.1. The molecule has 2 heterocycles. The maximum Gasteiger partial charge on any atom is 0.306 e. The van der Waals surface area contributed by atoms with Gasteiger partial charge in [0.1, 0.15) is 55.4 Å². The average molecular weight is 993 g/mol. The number of hydrogen-bond donors (Lipinski definition) is 7. The molecule has 0 radical (unpaired) electrons. The van der Waals surface area contributed by atoms with Gasteiger partial charge in [-0.05, 0) is 83.5 Å². The predicted molar refractivity (Wildman–Crippen MR) is 270 cm³/mol. The van der Waals surface area contributed by atoms with E-state index in [9.17, 15) is 45.3 Å². The van der Waals surface area contributed by atoms with E-state index in [2.05, 4.69) is 86.8 Å². The minimum atomic E-state index is -1.78. The Labute approximate surface area is 419 Å². The van der Waals surface area contributed by atoms with Crippen molar-refractivity contribution in [2.45, 2.75) is 235 Å². The number of allylic oxidation sites excluding steroid dienone is 12. The highest BCUT2D eigenvalue weighted by atomic mass is 16.7. The van der Waals surface area contributed by atoms with Gasteiger partial charge in [-0.3, -0.25) is 9.59 Å². The molecule has 0 spiro atoms. The average Bonchev–Trinajstić information content (AvgIpc) is 3.35. The van der Waals surface area contributed by atoms with Crippen LogP contribution in [0.5, 0.6) is 0 Å². The Morgan fingerprint density at radius 3 is 1.47 bits per heavy atom. The van der Waals surface area contributed by atoms with Crippen molar-refractivity contribution in [2.75, 3.05) is 26.4 Å². The maximum absolute atomic E-state index is 13.0. The summed E-state index contributed by atoms with van der Waals surface area (Å²) in [6.07, 6.45) is 32.1. The number of esters is 2. The van der Waals surface area contributed by atoms with Gasteiger partial charge in [0.25, 0.3) is 0 Å². The van der Waals surface area contributed by atoms with Crippen LogP contribution in [0.25, 0.3) is 0 Å². The van der Waals surface area contributed by atoms with E-state index in [4.69, 9.17) is 28.4 Å². The number of rotatable bonds is 40. The lowest BCUT2D eigenvalue weighted by Crippen LogP contribution is -2.61. The first-order valence-electron chi connectivity index (χ1n) is 26.5. The molecule has 7 N–H and O–H groups in total. The number of ether oxygens (including phenoxy) is 6. The van der Waals surface area contributed by atoms with Crippen LogP contribution in [-0.2, 0) is 38.0 Å². The van der Waals surface area contributed by atoms with Gasteiger partial charge in [-0.25, -0.2) is 0 Å². The molecule has 2 rings (SSSR count). The molecule has 2 fully saturated rings. The van der Waals surface area contributed by atoms with Gasteiger partial charge >= 0.3 is 11.9 Å². The van der Waals surface area contributed by atoms with E-state index < -0.39 is 99.3 Å². The molecule has 70 heavy (non-hydrogen) atoms. The molecule has 0 aliphatic carbocycles. The van der Waals surface area contributed by atoms with Gasteiger partial charge in [-0.1, -0.05) is 145 Å². The monoisotopic (exact) mass is 993 g/mol. The van der Waals surface area contributed by atoms with Crippen molar-refractivity contribution in [1.82, 2.24) is 0 Å². The Morgan fingerprint density at radius 1 is 0.471 bits per heavy atom. The summed E-state index contributed by atoms with van der Waals surface area (Å²) in [6.45, 7) is 2.48. The maximum atomic E-state index is 13.0. The number of carbonyl (C=O) groups excluding carboxylic acids is 2. The van der Waals surface area contributed by atoms with Crippen molar-refractivity contribution < 1.29 is 73.8 Å². The lowest BCUT2D eigenvalue weighted by atomic mass is 9.98. The Morgan fingerprint density at radius 2 is 0.900 bits per heavy atom. The van der Waals surface area contributed by atoms with Crippen LogP contribution in [0.3, 0.4) is 0 Å². The Hall–Kier alpha value is -3.06. The van der Waals surface area contributed by atoms with Crippen molar-refractivity contribution in [1.29, 1.82) is 0 Å². The Kier molecular flexibility index (Phi) is 37.3. The lowest BCUT2D eigenvalue weighted by Gasteiger charge is -2.42. The summed E-state index contributed by atoms with van der Waals surface area (Å²) >= 11 is 0. The van der Waals surface area contributed by atoms with Gasteiger partial charge in [0, 0.05) is 12.8 Å². The molecule has 15 heteroatoms. The topological polar surface area (TPSA) is 231 Å². The Balaban J connectivity index is 1.83. The van der Waals surface area contributed by atoms with E-state index in [1.807, 2.05) is 0 Å². The molecule has 11 atom stereocenters. The van der Waals surface area contributed by atoms with Crippen LogP contribution in [0.2, 0.25) is 0 Å². The van der Waals surface area contributed by atoms with Crippen molar-refractivity contribution in [3.63, 3.8) is 0 Å². The minimum Gasteiger partial charge on any atom is -0.462 e. The lowest BCUT2D eigenvalue weighted by molar-refractivity contribution is -0.332. The second kappa shape index (κ2) is 41.4. The molecule has 2 aliphatic heterocycles. The molecule has 2 saturated heterocycles. The van der Waals surface area contributed by atoms with E-state index in [-0.39, 0.29) is 19.4 Å². The summed E-state index contributed by atoms with van der Waals surface area (Å²) in [7, 11) is 0. The second-order valence-electron chi connectivity index (χ2n) is 18.4. The summed E-state index contributed by atoms with van der Waals surface area (Å²) in [6, 6.07) is 0. The largest absolute Gasteiger partial charge is 0.462 e. The first-order chi connectivity index (χ1) is 34.0. The van der Waals surface area contributed by atoms with Crippen molar-refractivity contribution in [2.24, 2.45) is 0 Å². The van der Waals surface area contributed by atoms with Gasteiger partial charge in [0.2, 0.25) is 0 Å². The number of hydrogen-bond acceptors (Lipinski definition) is 15. The molecule has 0 saturated carbocycles. The van der Waals surface area contributed by atoms with Crippen LogP contribution in [0, 0.1) is 0 Å². The van der Waals surface area contributed by atoms with E-state index >= 15 is 0 Å². The van der Waals surface area contributed by atoms with Crippen LogP contribution >= 0.6 is 0 Å². The molecule has 0 bridgehead atoms. The molecule has 15 nitrogen and oxygen atoms in total. The number of aliphatic hydroxyl groups excluding tert-OH is 7. The molecule has 0 aromatic rings. The molecule has 402 valence electrons. The highest BCUT2D eigenvalue weighted by Crippen LogP contribution is 2.26. The standard InChI is InChI=1S/C55H92O15/c1-3-5-7-9-11-13-15-17-19-20-21-22-24-26-28-30-32-34-36-38-47(58)68-43(40-65-46(57)37-35-33-31-29-27-25-23-18-16-14-12-10-8-6-4-2)41-66-54-53(64)51(62)49(60)45(70-54)42-67-55-52(63)50(61)48(59)44(39-56)69-55/h11,13-14,16-19,21-23,26,28,43-45,48-56,59-64H,3-10,12,15,20,24-25,27,29-42H2,1-2H3/b13-11+,16-14+,19-17+,22-21+,23-18+,28-26+/t43-,44+,45+,48-,49-,50?,51?,52?,53?,54+,55+/m1/s1. The van der Waals surface area contributed by atoms with Crippen LogP contribution in [-0.4, -0.2) is 142 Å². The summed E-state index contributed by atoms with van der Waals surface area (Å²) in [5, 5.41) is 72.1. The number of aliphatic hydroxyl groups is 7. The van der Waals surface area contributed by atoms with Gasteiger partial charge in [0.05, 0.1) is 19.8 Å². The van der Waals surface area contributed by atoms with E-state index in [0.717, 1.165) is 83.5 Å². The fourth-order valence-corrected chi connectivity index (χ4v) is 7.78. The smallest absolute Gasteiger partial charge is 0.306 e. The van der Waals surface area contributed by atoms with Crippen LogP contribution in [0.4, 0.5) is 0 Å². The Bertz CT molecular complexity index is 1490. The number of unbranched alkanes of at least 4 members (excludes halogenated alkanes) is 15. The predicted octanol–water partition coefficient (Wildman–Crippen LogP) is 7.82. The fourth-order valence-electron chi connectivity index (χ4n) is 7.78. The summed E-state index contributed by atoms with van der Waals surface area (Å²) < 4.78 is 33.5. The van der Waals surface area contributed by atoms with Crippen molar-refractivity contribution in [3.05, 3.63) is 72.9 Å². The van der Waals surface area contributed by atoms with Crippen LogP contribution in [0.1, 0.15) is 168 Å². The fraction of sp³-hybridized carbons (Fsp3) is 0.745. The van der Waals surface area contributed by atoms with E-state index in [1.165, 1.54) is 44.9 Å². The molecule has 2 aliphatic rings. The highest BCUT2D eigenvalue weighted by Gasteiger charge is 2.47. The summed E-state index contributed by atoms with van der Waals surface area (Å²) in [5.41, 5.74) is 0. The third kappa shape index (κ3) is 28.8. The molecular weight excluding hydrogens is 901 g/mol. The normalized spacial score (nSPS) is 26.0. The van der Waals surface area contributed by atoms with Gasteiger partial charge in [-0.15, -0.1) is 0 Å². The molecule has 0 aromatic heterocycles. The molecular formula is C55H92O15. The zero-order valence-electron chi connectivity index (χ0n) is 42.5. The van der Waals surface area contributed by atoms with Gasteiger partial charge in [-0.2, -0.15) is 0 Å². The molecule has 0 amide bonds. The van der Waals surface area contributed by atoms with E-state index in [1.54, 1.807) is 0 Å². The van der Waals surface area contributed by atoms with Crippen LogP contribution in [0.15, 0.2) is 72.9 Å². The third-order valence-corrected chi connectivity index (χ3v) is 12.2. The summed E-state index contributed by atoms with van der Waals surface area (Å²) in [4.78, 5) is 25.8. The zero-order valence-corrected chi connectivity index (χ0v) is 42.5. The molecule has 0 aromatic carbocycles. The van der Waals surface area contributed by atoms with Gasteiger partial charge < -0.3 is 64.2 Å². The molecule has 4 unspecified atom stereocenters. The SMILES string of the molecule is CCCCC/C=C/C/C=C/C/C=C/C/C=C/CCCCCC(=O)O[C@H](COC(=O)CCCCCCC/C=C/C=C/CCCCCC)CO[C@H]1O[C@@H](CO[C@H]2O[C@@H](CO)[C@@H](O)C(O)C2O)[C@@H](O)C(O)C1O. The van der Waals surface area contributed by atoms with Crippen LogP contribution < -0.4 is 0 Å². The summed E-state index contributed by atoms with van der Waals surface area (Å²) in [5.74, 6) is -0.984. The quantitative estimate of drug-likeness (QED) is 0.0134. The third-order valence-electron chi connectivity index (χ3n) is 12.2. The number of carbonyl (C=O) groups is 2. The van der Waals surface area contributed by atoms with Crippen molar-refractivity contribution in [3.8, 4) is 0 Å². The second-order valence-corrected chi connectivity index (χ2v) is 18.4. The van der Waals surface area contributed by atoms with E-state index in [0.29, 0.717) is 12.8 Å². The van der Waals surface area contributed by atoms with Gasteiger partial charge in [0.15, 0.2) is 18.7 Å². The van der Waals surface area contributed by atoms with Crippen molar-refractivity contribution >= 4 is 11.9 Å². The minimum absolute atomic E-state index is 0.121. The first-order valence-corrected chi connectivity index (χ1v) is 26.5. The zero-order chi connectivity index (χ0) is 51.0. The highest BCUT2D eigenvalue weighted by molar-refractivity contribution is 5.70.